The van der Waals surface area contributed by atoms with Gasteiger partial charge < -0.3 is 10.8 Å². The zero-order valence-electron chi connectivity index (χ0n) is 9.20. The normalized spacial score (nSPS) is 12.4. The largest absolute Gasteiger partial charge is 0.481 e. The van der Waals surface area contributed by atoms with Gasteiger partial charge in [-0.3, -0.25) is 4.79 Å². The molecule has 0 aromatic carbocycles. The van der Waals surface area contributed by atoms with Crippen molar-refractivity contribution in [2.24, 2.45) is 11.7 Å². The third-order valence-electron chi connectivity index (χ3n) is 2.47. The topological polar surface area (TPSA) is 76.2 Å². The number of nitrogens with two attached hydrogens (primary N) is 1. The van der Waals surface area contributed by atoms with Crippen LogP contribution in [0, 0.1) is 5.92 Å². The van der Waals surface area contributed by atoms with Crippen LogP contribution in [-0.2, 0) is 11.2 Å². The van der Waals surface area contributed by atoms with Crippen molar-refractivity contribution in [1.82, 2.24) is 4.98 Å². The summed E-state index contributed by atoms with van der Waals surface area (Å²) in [5, 5.41) is 9.82. The number of carboxylic acids is 1. The summed E-state index contributed by atoms with van der Waals surface area (Å²) in [7, 11) is 0. The van der Waals surface area contributed by atoms with E-state index in [2.05, 4.69) is 4.98 Å². The Hall–Kier alpha value is -0.840. The van der Waals surface area contributed by atoms with E-state index in [9.17, 15) is 4.79 Å². The zero-order valence-corrected chi connectivity index (χ0v) is 10.7. The molecule has 1 rings (SSSR count). The van der Waals surface area contributed by atoms with Gasteiger partial charge in [0, 0.05) is 11.2 Å². The molecule has 0 radical (unpaired) electrons. The molecular weight excluding hydrogens is 263 g/mol. The lowest BCUT2D eigenvalue weighted by Crippen LogP contribution is -2.18. The molecule has 1 atom stereocenters. The summed E-state index contributed by atoms with van der Waals surface area (Å²) < 4.78 is 0. The quantitative estimate of drug-likeness (QED) is 0.783. The Bertz CT molecular complexity index is 399. The van der Waals surface area contributed by atoms with Gasteiger partial charge in [0.25, 0.3) is 0 Å². The standard InChI is InChI=1S/C11H14Cl2N2O2/c12-9-5-10(13)15-6-8(9)4-7(11(16)17)2-1-3-14/h5-7H,1-4,14H2,(H,16,17). The molecule has 4 nitrogen and oxygen atoms in total. The highest BCUT2D eigenvalue weighted by Gasteiger charge is 2.19. The van der Waals surface area contributed by atoms with Crippen LogP contribution >= 0.6 is 23.2 Å². The van der Waals surface area contributed by atoms with Crippen molar-refractivity contribution < 1.29 is 9.90 Å². The third-order valence-corrected chi connectivity index (χ3v) is 3.03. The molecule has 1 aromatic heterocycles. The lowest BCUT2D eigenvalue weighted by atomic mass is 9.96. The first-order chi connectivity index (χ1) is 8.04. The van der Waals surface area contributed by atoms with E-state index in [1.165, 1.54) is 12.3 Å². The highest BCUT2D eigenvalue weighted by Crippen LogP contribution is 2.23. The Balaban J connectivity index is 2.75. The van der Waals surface area contributed by atoms with Crippen LogP contribution in [0.1, 0.15) is 18.4 Å². The minimum atomic E-state index is -0.843. The third kappa shape index (κ3) is 4.50. The lowest BCUT2D eigenvalue weighted by Gasteiger charge is -2.12. The highest BCUT2D eigenvalue weighted by atomic mass is 35.5. The summed E-state index contributed by atoms with van der Waals surface area (Å²) in [6, 6.07) is 1.51. The van der Waals surface area contributed by atoms with Crippen molar-refractivity contribution >= 4 is 29.2 Å². The first-order valence-electron chi connectivity index (χ1n) is 5.27. The van der Waals surface area contributed by atoms with Crippen LogP contribution in [0.15, 0.2) is 12.3 Å². The van der Waals surface area contributed by atoms with Crippen molar-refractivity contribution in [2.45, 2.75) is 19.3 Å². The average Bonchev–Trinajstić information content (AvgIpc) is 2.26. The molecule has 94 valence electrons. The summed E-state index contributed by atoms with van der Waals surface area (Å²) >= 11 is 11.6. The van der Waals surface area contributed by atoms with E-state index in [-0.39, 0.29) is 0 Å². The van der Waals surface area contributed by atoms with Crippen LogP contribution in [-0.4, -0.2) is 22.6 Å². The van der Waals surface area contributed by atoms with E-state index in [0.717, 1.165) is 0 Å². The molecule has 3 N–H and O–H groups in total. The number of carboxylic acid groups (broad SMARTS) is 1. The van der Waals surface area contributed by atoms with E-state index < -0.39 is 11.9 Å². The van der Waals surface area contributed by atoms with Gasteiger partial charge in [0.1, 0.15) is 5.15 Å². The van der Waals surface area contributed by atoms with E-state index in [1.54, 1.807) is 0 Å². The van der Waals surface area contributed by atoms with Gasteiger partial charge in [0.2, 0.25) is 0 Å². The second-order valence-corrected chi connectivity index (χ2v) is 4.56. The number of aromatic nitrogens is 1. The van der Waals surface area contributed by atoms with Gasteiger partial charge in [-0.25, -0.2) is 4.98 Å². The second-order valence-electron chi connectivity index (χ2n) is 3.77. The number of rotatable bonds is 6. The number of nitrogens with zero attached hydrogens (tertiary/aromatic N) is 1. The maximum Gasteiger partial charge on any atom is 0.306 e. The molecule has 0 spiro atoms. The summed E-state index contributed by atoms with van der Waals surface area (Å²) in [4.78, 5) is 15.0. The Labute approximate surface area is 110 Å². The van der Waals surface area contributed by atoms with Crippen LogP contribution in [0.4, 0.5) is 0 Å². The van der Waals surface area contributed by atoms with Crippen molar-refractivity contribution in [3.05, 3.63) is 28.0 Å². The predicted octanol–water partition coefficient (Wildman–Crippen LogP) is 2.37. The lowest BCUT2D eigenvalue weighted by molar-refractivity contribution is -0.141. The first-order valence-corrected chi connectivity index (χ1v) is 6.03. The molecule has 0 aliphatic rings. The van der Waals surface area contributed by atoms with Crippen LogP contribution in [0.5, 0.6) is 0 Å². The molecule has 1 unspecified atom stereocenters. The summed E-state index contributed by atoms with van der Waals surface area (Å²) in [6.45, 7) is 0.483. The van der Waals surface area contributed by atoms with Crippen molar-refractivity contribution in [3.8, 4) is 0 Å². The fraction of sp³-hybridized carbons (Fsp3) is 0.455. The molecular formula is C11H14Cl2N2O2. The van der Waals surface area contributed by atoms with E-state index in [0.29, 0.717) is 41.5 Å². The predicted molar refractivity (Wildman–Crippen MR) is 67.4 cm³/mol. The molecule has 6 heteroatoms. The van der Waals surface area contributed by atoms with Crippen molar-refractivity contribution in [1.29, 1.82) is 0 Å². The molecule has 1 aromatic rings. The Morgan fingerprint density at radius 2 is 2.24 bits per heavy atom. The van der Waals surface area contributed by atoms with Gasteiger partial charge in [-0.2, -0.15) is 0 Å². The Morgan fingerprint density at radius 1 is 1.53 bits per heavy atom. The van der Waals surface area contributed by atoms with Gasteiger partial charge in [-0.05, 0) is 37.4 Å². The monoisotopic (exact) mass is 276 g/mol. The van der Waals surface area contributed by atoms with Crippen molar-refractivity contribution in [3.63, 3.8) is 0 Å². The molecule has 0 aliphatic heterocycles. The zero-order chi connectivity index (χ0) is 12.8. The maximum atomic E-state index is 11.1. The van der Waals surface area contributed by atoms with Crippen LogP contribution in [0.2, 0.25) is 10.2 Å². The molecule has 0 amide bonds. The van der Waals surface area contributed by atoms with E-state index in [4.69, 9.17) is 34.0 Å². The van der Waals surface area contributed by atoms with Crippen LogP contribution < -0.4 is 5.73 Å². The second kappa shape index (κ2) is 6.79. The van der Waals surface area contributed by atoms with Gasteiger partial charge in [0.05, 0.1) is 5.92 Å². The number of aliphatic carboxylic acids is 1. The van der Waals surface area contributed by atoms with Gasteiger partial charge >= 0.3 is 5.97 Å². The van der Waals surface area contributed by atoms with Gasteiger partial charge in [-0.1, -0.05) is 23.2 Å². The molecule has 0 fully saturated rings. The number of carbonyl (C=O) groups is 1. The number of halogens is 2. The molecule has 0 aliphatic carbocycles. The van der Waals surface area contributed by atoms with Gasteiger partial charge in [-0.15, -0.1) is 0 Å². The molecule has 1 heterocycles. The minimum absolute atomic E-state index is 0.299. The van der Waals surface area contributed by atoms with Crippen LogP contribution in [0.25, 0.3) is 0 Å². The Kier molecular flexibility index (Phi) is 5.68. The fourth-order valence-corrected chi connectivity index (χ4v) is 1.97. The molecule has 0 saturated carbocycles. The van der Waals surface area contributed by atoms with Crippen molar-refractivity contribution in [2.75, 3.05) is 6.54 Å². The molecule has 17 heavy (non-hydrogen) atoms. The summed E-state index contributed by atoms with van der Waals surface area (Å²) in [5.74, 6) is -1.33. The SMILES string of the molecule is NCCCC(Cc1cnc(Cl)cc1Cl)C(=O)O. The minimum Gasteiger partial charge on any atom is -0.481 e. The number of hydrogen-bond donors (Lipinski definition) is 2. The molecule has 0 bridgehead atoms. The maximum absolute atomic E-state index is 11.1. The fourth-order valence-electron chi connectivity index (χ4n) is 1.53. The highest BCUT2D eigenvalue weighted by molar-refractivity contribution is 6.34. The van der Waals surface area contributed by atoms with E-state index >= 15 is 0 Å². The average molecular weight is 277 g/mol. The molecule has 0 saturated heterocycles. The number of hydrogen-bond acceptors (Lipinski definition) is 3. The van der Waals surface area contributed by atoms with E-state index in [1.807, 2.05) is 0 Å². The number of pyridine rings is 1. The summed E-state index contributed by atoms with van der Waals surface area (Å²) in [6.07, 6.45) is 3.07. The summed E-state index contributed by atoms with van der Waals surface area (Å²) in [5.41, 5.74) is 6.07. The smallest absolute Gasteiger partial charge is 0.306 e. The van der Waals surface area contributed by atoms with Gasteiger partial charge in [0.15, 0.2) is 0 Å². The van der Waals surface area contributed by atoms with Crippen LogP contribution in [0.3, 0.4) is 0 Å². The Morgan fingerprint density at radius 3 is 2.76 bits per heavy atom. The first kappa shape index (κ1) is 14.2.